The second kappa shape index (κ2) is 5.84. The van der Waals surface area contributed by atoms with E-state index in [0.717, 1.165) is 32.1 Å². The molecule has 0 amide bonds. The van der Waals surface area contributed by atoms with Crippen molar-refractivity contribution >= 4 is 26.7 Å². The molecule has 0 aliphatic heterocycles. The fraction of sp³-hybridized carbons (Fsp3) is 0.118. The van der Waals surface area contributed by atoms with Gasteiger partial charge in [-0.3, -0.25) is 4.98 Å². The van der Waals surface area contributed by atoms with E-state index in [4.69, 9.17) is 10.5 Å². The smallest absolute Gasteiger partial charge is 0.125 e. The van der Waals surface area contributed by atoms with Gasteiger partial charge in [-0.1, -0.05) is 40.2 Å². The standard InChI is InChI=1S/C17H15BrN2O/c1-21-16-9-12(18)5-6-15(16)17(19)14-4-2-3-11-10-20-8-7-13(11)14/h2-10,17H,19H2,1H3. The van der Waals surface area contributed by atoms with Gasteiger partial charge >= 0.3 is 0 Å². The van der Waals surface area contributed by atoms with Gasteiger partial charge in [-0.15, -0.1) is 0 Å². The van der Waals surface area contributed by atoms with E-state index >= 15 is 0 Å². The zero-order valence-electron chi connectivity index (χ0n) is 11.6. The summed E-state index contributed by atoms with van der Waals surface area (Å²) in [5, 5.41) is 2.20. The monoisotopic (exact) mass is 342 g/mol. The van der Waals surface area contributed by atoms with Crippen molar-refractivity contribution in [2.45, 2.75) is 6.04 Å². The molecule has 21 heavy (non-hydrogen) atoms. The molecule has 3 nitrogen and oxygen atoms in total. The molecule has 2 aromatic carbocycles. The number of ether oxygens (including phenoxy) is 1. The molecule has 0 aliphatic rings. The van der Waals surface area contributed by atoms with Gasteiger partial charge in [0.1, 0.15) is 5.75 Å². The fourth-order valence-corrected chi connectivity index (χ4v) is 2.87. The van der Waals surface area contributed by atoms with Crippen LogP contribution in [0.25, 0.3) is 10.8 Å². The molecule has 1 heterocycles. The number of fused-ring (bicyclic) bond motifs is 1. The molecule has 0 saturated carbocycles. The summed E-state index contributed by atoms with van der Waals surface area (Å²) in [6.07, 6.45) is 3.64. The number of rotatable bonds is 3. The van der Waals surface area contributed by atoms with Crippen LogP contribution >= 0.6 is 15.9 Å². The first kappa shape index (κ1) is 14.0. The molecule has 3 rings (SSSR count). The first-order valence-electron chi connectivity index (χ1n) is 6.62. The average Bonchev–Trinajstić information content (AvgIpc) is 2.53. The Bertz CT molecular complexity index is 783. The summed E-state index contributed by atoms with van der Waals surface area (Å²) in [6.45, 7) is 0. The Morgan fingerprint density at radius 2 is 2.00 bits per heavy atom. The van der Waals surface area contributed by atoms with Gasteiger partial charge in [-0.05, 0) is 29.1 Å². The van der Waals surface area contributed by atoms with Crippen LogP contribution in [0.5, 0.6) is 5.75 Å². The SMILES string of the molecule is COc1cc(Br)ccc1C(N)c1cccc2cnccc12. The molecule has 1 atom stereocenters. The van der Waals surface area contributed by atoms with E-state index in [2.05, 4.69) is 27.0 Å². The Balaban J connectivity index is 2.15. The lowest BCUT2D eigenvalue weighted by Gasteiger charge is -2.18. The number of nitrogens with zero attached hydrogens (tertiary/aromatic N) is 1. The molecule has 3 aromatic rings. The predicted octanol–water partition coefficient (Wildman–Crippen LogP) is 4.05. The summed E-state index contributed by atoms with van der Waals surface area (Å²) in [6, 6.07) is 13.7. The minimum absolute atomic E-state index is 0.251. The highest BCUT2D eigenvalue weighted by molar-refractivity contribution is 9.10. The lowest BCUT2D eigenvalue weighted by molar-refractivity contribution is 0.407. The summed E-state index contributed by atoms with van der Waals surface area (Å²) in [5.41, 5.74) is 8.52. The number of pyridine rings is 1. The van der Waals surface area contributed by atoms with Gasteiger partial charge in [0.25, 0.3) is 0 Å². The van der Waals surface area contributed by atoms with Crippen molar-refractivity contribution in [2.24, 2.45) is 5.73 Å². The molecule has 0 aliphatic carbocycles. The van der Waals surface area contributed by atoms with Gasteiger partial charge in [0.15, 0.2) is 0 Å². The molecule has 0 fully saturated rings. The van der Waals surface area contributed by atoms with Gasteiger partial charge < -0.3 is 10.5 Å². The second-order valence-corrected chi connectivity index (χ2v) is 5.72. The predicted molar refractivity (Wildman–Crippen MR) is 88.5 cm³/mol. The Morgan fingerprint density at radius 3 is 2.81 bits per heavy atom. The maximum atomic E-state index is 6.49. The number of benzene rings is 2. The first-order valence-corrected chi connectivity index (χ1v) is 7.41. The summed E-state index contributed by atoms with van der Waals surface area (Å²) >= 11 is 3.45. The molecule has 0 spiro atoms. The lowest BCUT2D eigenvalue weighted by Crippen LogP contribution is -2.13. The van der Waals surface area contributed by atoms with Crippen molar-refractivity contribution in [3.63, 3.8) is 0 Å². The summed E-state index contributed by atoms with van der Waals surface area (Å²) in [4.78, 5) is 4.16. The number of nitrogens with two attached hydrogens (primary N) is 1. The van der Waals surface area contributed by atoms with Gasteiger partial charge in [0.2, 0.25) is 0 Å². The minimum Gasteiger partial charge on any atom is -0.496 e. The lowest BCUT2D eigenvalue weighted by atomic mass is 9.94. The molecule has 2 N–H and O–H groups in total. The maximum absolute atomic E-state index is 6.49. The third-order valence-corrected chi connectivity index (χ3v) is 4.07. The highest BCUT2D eigenvalue weighted by Gasteiger charge is 2.16. The highest BCUT2D eigenvalue weighted by Crippen LogP contribution is 2.33. The van der Waals surface area contributed by atoms with Crippen molar-refractivity contribution in [3.05, 3.63) is 70.5 Å². The molecule has 0 radical (unpaired) electrons. The zero-order valence-corrected chi connectivity index (χ0v) is 13.2. The summed E-state index contributed by atoms with van der Waals surface area (Å²) < 4.78 is 6.43. The van der Waals surface area contributed by atoms with E-state index in [-0.39, 0.29) is 6.04 Å². The van der Waals surface area contributed by atoms with Crippen LogP contribution < -0.4 is 10.5 Å². The molecule has 0 bridgehead atoms. The van der Waals surface area contributed by atoms with Crippen molar-refractivity contribution in [2.75, 3.05) is 7.11 Å². The van der Waals surface area contributed by atoms with Crippen LogP contribution in [0.3, 0.4) is 0 Å². The van der Waals surface area contributed by atoms with Crippen LogP contribution in [0, 0.1) is 0 Å². The minimum atomic E-state index is -0.251. The topological polar surface area (TPSA) is 48.1 Å². The van der Waals surface area contributed by atoms with E-state index in [1.807, 2.05) is 42.6 Å². The van der Waals surface area contributed by atoms with Crippen LogP contribution in [0.2, 0.25) is 0 Å². The van der Waals surface area contributed by atoms with Crippen LogP contribution in [0.1, 0.15) is 17.2 Å². The van der Waals surface area contributed by atoms with Crippen molar-refractivity contribution in [1.82, 2.24) is 4.98 Å². The number of hydrogen-bond acceptors (Lipinski definition) is 3. The Morgan fingerprint density at radius 1 is 1.14 bits per heavy atom. The quantitative estimate of drug-likeness (QED) is 0.780. The van der Waals surface area contributed by atoms with Gasteiger partial charge in [-0.2, -0.15) is 0 Å². The number of hydrogen-bond donors (Lipinski definition) is 1. The Labute approximate surface area is 131 Å². The van der Waals surface area contributed by atoms with Crippen LogP contribution in [0.15, 0.2) is 59.3 Å². The first-order chi connectivity index (χ1) is 10.2. The third kappa shape index (κ3) is 2.64. The van der Waals surface area contributed by atoms with E-state index < -0.39 is 0 Å². The molecule has 1 aromatic heterocycles. The Kier molecular flexibility index (Phi) is 3.90. The number of halogens is 1. The third-order valence-electron chi connectivity index (χ3n) is 3.58. The fourth-order valence-electron chi connectivity index (χ4n) is 2.53. The zero-order chi connectivity index (χ0) is 14.8. The van der Waals surface area contributed by atoms with E-state index in [9.17, 15) is 0 Å². The van der Waals surface area contributed by atoms with Gasteiger partial charge in [0, 0.05) is 27.8 Å². The maximum Gasteiger partial charge on any atom is 0.125 e. The van der Waals surface area contributed by atoms with Gasteiger partial charge in [0.05, 0.1) is 13.2 Å². The van der Waals surface area contributed by atoms with Gasteiger partial charge in [-0.25, -0.2) is 0 Å². The normalized spacial score (nSPS) is 12.3. The second-order valence-electron chi connectivity index (χ2n) is 4.81. The van der Waals surface area contributed by atoms with Crippen molar-refractivity contribution in [1.29, 1.82) is 0 Å². The van der Waals surface area contributed by atoms with Crippen LogP contribution in [-0.2, 0) is 0 Å². The molecular weight excluding hydrogens is 328 g/mol. The number of methoxy groups -OCH3 is 1. The number of aromatic nitrogens is 1. The van der Waals surface area contributed by atoms with Crippen LogP contribution in [0.4, 0.5) is 0 Å². The molecule has 0 saturated heterocycles. The summed E-state index contributed by atoms with van der Waals surface area (Å²) in [7, 11) is 1.66. The molecule has 4 heteroatoms. The summed E-state index contributed by atoms with van der Waals surface area (Å²) in [5.74, 6) is 0.780. The van der Waals surface area contributed by atoms with E-state index in [1.165, 1.54) is 0 Å². The van der Waals surface area contributed by atoms with Crippen LogP contribution in [-0.4, -0.2) is 12.1 Å². The van der Waals surface area contributed by atoms with E-state index in [0.29, 0.717) is 0 Å². The molecule has 106 valence electrons. The van der Waals surface area contributed by atoms with E-state index in [1.54, 1.807) is 13.3 Å². The molecular formula is C17H15BrN2O. The largest absolute Gasteiger partial charge is 0.496 e. The molecule has 1 unspecified atom stereocenters. The highest BCUT2D eigenvalue weighted by atomic mass is 79.9. The van der Waals surface area contributed by atoms with Crippen molar-refractivity contribution in [3.8, 4) is 5.75 Å². The average molecular weight is 343 g/mol. The Hall–Kier alpha value is -1.91. The van der Waals surface area contributed by atoms with Crippen molar-refractivity contribution < 1.29 is 4.74 Å².